The molecule has 0 N–H and O–H groups in total. The Hall–Kier alpha value is -3.59. The Morgan fingerprint density at radius 3 is 2.42 bits per heavy atom. The van der Waals surface area contributed by atoms with E-state index >= 15 is 0 Å². The van der Waals surface area contributed by atoms with Crippen LogP contribution in [0.4, 0.5) is 0 Å². The number of aromatic nitrogens is 2. The van der Waals surface area contributed by atoms with Crippen molar-refractivity contribution in [3.8, 4) is 22.5 Å². The monoisotopic (exact) mass is 645 g/mol. The Kier molecular flexibility index (Phi) is 7.36. The van der Waals surface area contributed by atoms with Gasteiger partial charge in [-0.1, -0.05) is 47.3 Å². The van der Waals surface area contributed by atoms with Gasteiger partial charge in [0.1, 0.15) is 0 Å². The van der Waals surface area contributed by atoms with Crippen LogP contribution in [0.3, 0.4) is 0 Å². The van der Waals surface area contributed by atoms with Crippen molar-refractivity contribution in [1.82, 2.24) is 9.97 Å². The average Bonchev–Trinajstić information content (AvgIpc) is 3.33. The molecule has 179 valence electrons. The van der Waals surface area contributed by atoms with Crippen molar-refractivity contribution in [2.45, 2.75) is 25.7 Å². The average molecular weight is 645 g/mol. The maximum absolute atomic E-state index is 6.25. The molecule has 0 aliphatic heterocycles. The summed E-state index contributed by atoms with van der Waals surface area (Å²) < 4.78 is 6.25. The van der Waals surface area contributed by atoms with Gasteiger partial charge >= 0.3 is 0 Å². The Balaban J connectivity index is 0.000000175. The van der Waals surface area contributed by atoms with Crippen LogP contribution in [0.5, 0.6) is 0 Å². The molecular weight excluding hydrogens is 621 g/mol. The molecule has 1 aliphatic carbocycles. The van der Waals surface area contributed by atoms with E-state index in [4.69, 9.17) is 4.42 Å². The predicted octanol–water partition coefficient (Wildman–Crippen LogP) is 7.87. The van der Waals surface area contributed by atoms with Crippen LogP contribution in [0.25, 0.3) is 44.3 Å². The standard InChI is InChI=1S/C21H16NO.C11H8N.Ir/c1-2-7-15-14(6-1)12-13-22-20(15)18-10-5-9-17-16-8-3-4-11-19(16)23-21(17)18;1-2-6-10(7-3-1)11-8-4-5-9-12-11;/h1-2,5-7,9,12-13H,3-4,8,11H2;1-6,8-9H;/q2*-1;. The van der Waals surface area contributed by atoms with Gasteiger partial charge in [0.2, 0.25) is 0 Å². The number of rotatable bonds is 2. The van der Waals surface area contributed by atoms with E-state index in [0.717, 1.165) is 52.1 Å². The van der Waals surface area contributed by atoms with Crippen LogP contribution in [-0.2, 0) is 32.9 Å². The molecule has 0 bridgehead atoms. The van der Waals surface area contributed by atoms with Crippen LogP contribution in [0.1, 0.15) is 24.2 Å². The molecule has 3 nitrogen and oxygen atoms in total. The molecule has 0 atom stereocenters. The molecule has 0 spiro atoms. The zero-order valence-corrected chi connectivity index (χ0v) is 22.1. The van der Waals surface area contributed by atoms with Gasteiger partial charge in [0.05, 0.1) is 11.3 Å². The Bertz CT molecular complexity index is 1550. The number of pyridine rings is 2. The smallest absolute Gasteiger partial charge is 0.0930 e. The van der Waals surface area contributed by atoms with Gasteiger partial charge in [0, 0.05) is 38.9 Å². The Morgan fingerprint density at radius 1 is 0.694 bits per heavy atom. The second-order valence-electron chi connectivity index (χ2n) is 8.68. The van der Waals surface area contributed by atoms with Gasteiger partial charge in [-0.2, -0.15) is 0 Å². The summed E-state index contributed by atoms with van der Waals surface area (Å²) in [7, 11) is 0. The Labute approximate surface area is 224 Å². The normalized spacial score (nSPS) is 12.3. The number of fused-ring (bicyclic) bond motifs is 4. The zero-order valence-electron chi connectivity index (χ0n) is 19.7. The van der Waals surface area contributed by atoms with E-state index in [1.54, 1.807) is 6.20 Å². The number of hydrogen-bond acceptors (Lipinski definition) is 3. The summed E-state index contributed by atoms with van der Waals surface area (Å²) >= 11 is 0. The van der Waals surface area contributed by atoms with E-state index in [2.05, 4.69) is 52.4 Å². The van der Waals surface area contributed by atoms with Crippen molar-refractivity contribution < 1.29 is 24.5 Å². The van der Waals surface area contributed by atoms with Gasteiger partial charge in [-0.15, -0.1) is 54.1 Å². The molecule has 3 aromatic heterocycles. The van der Waals surface area contributed by atoms with Crippen molar-refractivity contribution in [2.24, 2.45) is 0 Å². The third-order valence-electron chi connectivity index (χ3n) is 6.48. The van der Waals surface area contributed by atoms with E-state index in [0.29, 0.717) is 0 Å². The van der Waals surface area contributed by atoms with Gasteiger partial charge in [0.25, 0.3) is 0 Å². The summed E-state index contributed by atoms with van der Waals surface area (Å²) in [6, 6.07) is 34.7. The SMILES string of the molecule is [Ir].[c-]1ccc2c3c(oc2c1-c1nccc2ccccc12)CCCC3.[c-]1ccccc1-c1ccccn1. The van der Waals surface area contributed by atoms with Crippen LogP contribution in [0, 0.1) is 12.1 Å². The number of furan rings is 1. The summed E-state index contributed by atoms with van der Waals surface area (Å²) in [5, 5.41) is 3.58. The van der Waals surface area contributed by atoms with Gasteiger partial charge < -0.3 is 14.4 Å². The van der Waals surface area contributed by atoms with Crippen LogP contribution < -0.4 is 0 Å². The minimum Gasteiger partial charge on any atom is -0.505 e. The molecule has 0 amide bonds. The number of benzene rings is 3. The van der Waals surface area contributed by atoms with Crippen molar-refractivity contribution >= 4 is 21.7 Å². The fourth-order valence-electron chi connectivity index (χ4n) is 4.80. The quantitative estimate of drug-likeness (QED) is 0.180. The van der Waals surface area contributed by atoms with E-state index in [1.807, 2.05) is 60.8 Å². The summed E-state index contributed by atoms with van der Waals surface area (Å²) in [6.45, 7) is 0. The summed E-state index contributed by atoms with van der Waals surface area (Å²) in [5.74, 6) is 1.16. The van der Waals surface area contributed by atoms with Crippen LogP contribution in [0.2, 0.25) is 0 Å². The van der Waals surface area contributed by atoms with Gasteiger partial charge in [-0.05, 0) is 59.1 Å². The second kappa shape index (κ2) is 11.0. The number of hydrogen-bond donors (Lipinski definition) is 0. The van der Waals surface area contributed by atoms with Gasteiger partial charge in [-0.3, -0.25) is 0 Å². The first kappa shape index (κ1) is 24.1. The largest absolute Gasteiger partial charge is 0.505 e. The summed E-state index contributed by atoms with van der Waals surface area (Å²) in [6.07, 6.45) is 8.30. The fraction of sp³-hybridized carbons (Fsp3) is 0.125. The molecule has 3 heterocycles. The van der Waals surface area contributed by atoms with E-state index < -0.39 is 0 Å². The fourth-order valence-corrected chi connectivity index (χ4v) is 4.80. The molecule has 0 unspecified atom stereocenters. The predicted molar refractivity (Wildman–Crippen MR) is 141 cm³/mol. The number of aryl methyl sites for hydroxylation is 2. The van der Waals surface area contributed by atoms with Crippen molar-refractivity contribution in [2.75, 3.05) is 0 Å². The molecule has 6 aromatic rings. The molecule has 3 aromatic carbocycles. The minimum atomic E-state index is 0. The molecule has 7 rings (SSSR count). The van der Waals surface area contributed by atoms with Crippen molar-refractivity contribution in [1.29, 1.82) is 0 Å². The van der Waals surface area contributed by atoms with Gasteiger partial charge in [-0.25, -0.2) is 0 Å². The van der Waals surface area contributed by atoms with Crippen molar-refractivity contribution in [3.05, 3.63) is 121 Å². The molecule has 1 radical (unpaired) electrons. The topological polar surface area (TPSA) is 38.9 Å². The van der Waals surface area contributed by atoms with Crippen molar-refractivity contribution in [3.63, 3.8) is 0 Å². The maximum atomic E-state index is 6.25. The molecule has 0 saturated heterocycles. The molecule has 4 heteroatoms. The summed E-state index contributed by atoms with van der Waals surface area (Å²) in [5.41, 5.74) is 6.29. The first-order valence-corrected chi connectivity index (χ1v) is 12.1. The molecule has 0 fully saturated rings. The minimum absolute atomic E-state index is 0. The molecule has 1 aliphatic rings. The molecular formula is C32H24IrN2O-2. The first-order chi connectivity index (χ1) is 17.4. The molecule has 0 saturated carbocycles. The summed E-state index contributed by atoms with van der Waals surface area (Å²) in [4.78, 5) is 8.86. The third-order valence-corrected chi connectivity index (χ3v) is 6.48. The number of nitrogens with zero attached hydrogens (tertiary/aromatic N) is 2. The Morgan fingerprint density at radius 2 is 1.56 bits per heavy atom. The van der Waals surface area contributed by atoms with E-state index in [1.165, 1.54) is 29.2 Å². The third kappa shape index (κ3) is 4.75. The maximum Gasteiger partial charge on any atom is 0.0930 e. The molecule has 36 heavy (non-hydrogen) atoms. The zero-order chi connectivity index (χ0) is 23.5. The van der Waals surface area contributed by atoms with Crippen LogP contribution in [0.15, 0.2) is 102 Å². The van der Waals surface area contributed by atoms with Gasteiger partial charge in [0.15, 0.2) is 0 Å². The van der Waals surface area contributed by atoms with Crippen LogP contribution in [-0.4, -0.2) is 9.97 Å². The van der Waals surface area contributed by atoms with Crippen LogP contribution >= 0.6 is 0 Å². The second-order valence-corrected chi connectivity index (χ2v) is 8.68. The first-order valence-electron chi connectivity index (χ1n) is 12.1. The van der Waals surface area contributed by atoms with E-state index in [-0.39, 0.29) is 20.1 Å². The van der Waals surface area contributed by atoms with E-state index in [9.17, 15) is 0 Å².